The van der Waals surface area contributed by atoms with Crippen molar-refractivity contribution in [3.05, 3.63) is 59.7 Å². The Hall–Kier alpha value is -1.49. The summed E-state index contributed by atoms with van der Waals surface area (Å²) in [4.78, 5) is 14.7. The number of likely N-dealkylation sites (tertiary alicyclic amines) is 1. The van der Waals surface area contributed by atoms with Gasteiger partial charge in [-0.1, -0.05) is 0 Å². The molecule has 1 aliphatic rings. The summed E-state index contributed by atoms with van der Waals surface area (Å²) in [6, 6.07) is 12.4. The van der Waals surface area contributed by atoms with Crippen molar-refractivity contribution in [3.8, 4) is 0 Å². The fourth-order valence-corrected chi connectivity index (χ4v) is 6.24. The molecule has 1 N–H and O–H groups in total. The third kappa shape index (κ3) is 6.00. The van der Waals surface area contributed by atoms with Gasteiger partial charge in [-0.05, 0) is 0 Å². The smallest absolute Gasteiger partial charge is 0.147 e. The van der Waals surface area contributed by atoms with E-state index in [9.17, 15) is 18.0 Å². The molecule has 0 spiro atoms. The summed E-state index contributed by atoms with van der Waals surface area (Å²) in [5.41, 5.74) is -0.730. The van der Waals surface area contributed by atoms with Crippen molar-refractivity contribution in [3.63, 3.8) is 0 Å². The topological polar surface area (TPSA) is 32.3 Å². The summed E-state index contributed by atoms with van der Waals surface area (Å²) in [6.07, 6.45) is -2.19. The Bertz CT molecular complexity index is 808. The summed E-state index contributed by atoms with van der Waals surface area (Å²) in [7, 11) is 2.13. The van der Waals surface area contributed by atoms with Crippen LogP contribution in [0.4, 0.5) is 18.9 Å². The number of amides is 1. The number of benzene rings is 2. The van der Waals surface area contributed by atoms with Crippen LogP contribution in [0.15, 0.2) is 48.5 Å². The number of rotatable bonds is 4. The number of piperidine rings is 1. The van der Waals surface area contributed by atoms with Gasteiger partial charge in [-0.15, -0.1) is 12.4 Å². The molecule has 0 aliphatic carbocycles. The molecule has 0 bridgehead atoms. The fourth-order valence-electron chi connectivity index (χ4n) is 3.20. The van der Waals surface area contributed by atoms with Gasteiger partial charge in [0.2, 0.25) is 0 Å². The van der Waals surface area contributed by atoms with Crippen molar-refractivity contribution in [1.82, 2.24) is 4.90 Å². The maximum atomic E-state index is 13.1. The molecule has 8 heteroatoms. The minimum absolute atomic E-state index is 0. The number of anilines is 1. The monoisotopic (exact) mass is 474 g/mol. The minimum Gasteiger partial charge on any atom is -0.147 e. The van der Waals surface area contributed by atoms with E-state index in [-0.39, 0.29) is 33.7 Å². The molecular formula is C20H23AsClF3N2O. The number of halogens is 4. The Morgan fingerprint density at radius 3 is 2.46 bits per heavy atom. The Morgan fingerprint density at radius 1 is 1.11 bits per heavy atom. The molecule has 1 saturated heterocycles. The van der Waals surface area contributed by atoms with Crippen LogP contribution in [-0.2, 0) is 6.18 Å². The van der Waals surface area contributed by atoms with Crippen LogP contribution in [0.5, 0.6) is 0 Å². The van der Waals surface area contributed by atoms with Crippen molar-refractivity contribution in [2.24, 2.45) is 0 Å². The average Bonchev–Trinajstić information content (AvgIpc) is 2.63. The predicted octanol–water partition coefficient (Wildman–Crippen LogP) is 3.96. The summed E-state index contributed by atoms with van der Waals surface area (Å²) in [5.74, 6) is -0.737. The minimum atomic E-state index is -4.56. The molecule has 1 unspecified atom stereocenters. The number of hydrogen-bond acceptors (Lipinski definition) is 2. The van der Waals surface area contributed by atoms with Gasteiger partial charge in [-0.2, -0.15) is 0 Å². The molecule has 1 fully saturated rings. The van der Waals surface area contributed by atoms with Gasteiger partial charge in [0.05, 0.1) is 0 Å². The zero-order chi connectivity index (χ0) is 19.4. The number of alkyl halides is 3. The van der Waals surface area contributed by atoms with Crippen molar-refractivity contribution in [2.45, 2.75) is 23.7 Å². The first-order chi connectivity index (χ1) is 12.8. The first kappa shape index (κ1) is 22.8. The first-order valence-electron chi connectivity index (χ1n) is 8.85. The Morgan fingerprint density at radius 2 is 1.79 bits per heavy atom. The molecule has 1 heterocycles. The van der Waals surface area contributed by atoms with Crippen LogP contribution in [0, 0.1) is 0 Å². The molecule has 3 rings (SSSR count). The van der Waals surface area contributed by atoms with Crippen LogP contribution in [0.3, 0.4) is 0 Å². The summed E-state index contributed by atoms with van der Waals surface area (Å²) >= 11 is -0.346. The molecule has 2 aromatic rings. The quantitative estimate of drug-likeness (QED) is 0.681. The molecule has 3 nitrogen and oxygen atoms in total. The van der Waals surface area contributed by atoms with Crippen molar-refractivity contribution in [2.75, 3.05) is 25.5 Å². The van der Waals surface area contributed by atoms with Crippen LogP contribution in [-0.4, -0.2) is 46.7 Å². The van der Waals surface area contributed by atoms with Crippen LogP contribution in [0.2, 0.25) is 4.71 Å². The third-order valence-electron chi connectivity index (χ3n) is 4.69. The maximum Gasteiger partial charge on any atom is -0.147 e. The van der Waals surface area contributed by atoms with Crippen molar-refractivity contribution >= 4 is 44.1 Å². The van der Waals surface area contributed by atoms with E-state index >= 15 is 0 Å². The second kappa shape index (κ2) is 9.82. The standard InChI is InChI=1S/C20H22AsF3N2O.ClH/c1-26-11-9-14(10-12-26)21-15-5-4-6-16(13-15)25-19(27)17-7-2-3-8-18(17)20(22,23)24;/h2-8,13-14,21H,9-12H2,1H3,(H,25,27);1H. The van der Waals surface area contributed by atoms with Crippen LogP contribution < -0.4 is 9.67 Å². The van der Waals surface area contributed by atoms with Gasteiger partial charge in [0.1, 0.15) is 0 Å². The van der Waals surface area contributed by atoms with Gasteiger partial charge in [-0.3, -0.25) is 0 Å². The Kier molecular flexibility index (Phi) is 7.99. The third-order valence-corrected chi connectivity index (χ3v) is 8.11. The summed E-state index contributed by atoms with van der Waals surface area (Å²) in [6.45, 7) is 2.22. The van der Waals surface area contributed by atoms with E-state index in [1.165, 1.54) is 35.4 Å². The summed E-state index contributed by atoms with van der Waals surface area (Å²) in [5, 5.41) is 2.63. The fraction of sp³-hybridized carbons (Fsp3) is 0.350. The Balaban J connectivity index is 0.00000280. The van der Waals surface area contributed by atoms with Gasteiger partial charge in [-0.25, -0.2) is 0 Å². The predicted molar refractivity (Wildman–Crippen MR) is 110 cm³/mol. The molecule has 1 amide bonds. The molecule has 152 valence electrons. The molecule has 0 radical (unpaired) electrons. The number of hydrogen-bond donors (Lipinski definition) is 1. The number of carbonyl (C=O) groups is 1. The second-order valence-corrected chi connectivity index (χ2v) is 10.3. The van der Waals surface area contributed by atoms with Gasteiger partial charge >= 0.3 is 163 Å². The molecular weight excluding hydrogens is 452 g/mol. The average molecular weight is 475 g/mol. The first-order valence-corrected chi connectivity index (χ1v) is 11.1. The zero-order valence-corrected chi connectivity index (χ0v) is 18.3. The maximum absolute atomic E-state index is 13.1. The molecule has 1 aliphatic heterocycles. The molecule has 28 heavy (non-hydrogen) atoms. The summed E-state index contributed by atoms with van der Waals surface area (Å²) < 4.78 is 41.3. The normalized spacial score (nSPS) is 16.1. The van der Waals surface area contributed by atoms with Crippen LogP contribution in [0.1, 0.15) is 28.8 Å². The van der Waals surface area contributed by atoms with Crippen molar-refractivity contribution < 1.29 is 18.0 Å². The van der Waals surface area contributed by atoms with E-state index in [0.29, 0.717) is 5.69 Å². The van der Waals surface area contributed by atoms with E-state index < -0.39 is 17.6 Å². The zero-order valence-electron chi connectivity index (χ0n) is 15.4. The van der Waals surface area contributed by atoms with E-state index in [0.717, 1.165) is 23.9 Å². The van der Waals surface area contributed by atoms with Gasteiger partial charge in [0, 0.05) is 0 Å². The van der Waals surface area contributed by atoms with Crippen LogP contribution >= 0.6 is 12.4 Å². The van der Waals surface area contributed by atoms with Crippen LogP contribution in [0.25, 0.3) is 0 Å². The van der Waals surface area contributed by atoms with E-state index in [4.69, 9.17) is 0 Å². The number of carbonyl (C=O) groups excluding carboxylic acids is 1. The molecule has 0 saturated carbocycles. The second-order valence-electron chi connectivity index (χ2n) is 6.80. The van der Waals surface area contributed by atoms with E-state index in [2.05, 4.69) is 23.3 Å². The largest absolute Gasteiger partial charge is 0.147 e. The Labute approximate surface area is 175 Å². The van der Waals surface area contributed by atoms with E-state index in [1.807, 2.05) is 12.1 Å². The number of nitrogens with zero attached hydrogens (tertiary/aromatic N) is 1. The molecule has 0 aromatic heterocycles. The van der Waals surface area contributed by atoms with Gasteiger partial charge in [0.15, 0.2) is 0 Å². The number of nitrogens with one attached hydrogen (secondary N) is 1. The van der Waals surface area contributed by atoms with Crippen molar-refractivity contribution in [1.29, 1.82) is 0 Å². The van der Waals surface area contributed by atoms with Gasteiger partial charge < -0.3 is 0 Å². The van der Waals surface area contributed by atoms with Gasteiger partial charge in [0.25, 0.3) is 0 Å². The SMILES string of the molecule is CN1CCC([AsH]c2cccc(NC(=O)c3ccccc3C(F)(F)F)c2)CC1.Cl. The molecule has 2 aromatic carbocycles. The molecule has 1 atom stereocenters. The van der Waals surface area contributed by atoms with E-state index in [1.54, 1.807) is 6.07 Å².